The van der Waals surface area contributed by atoms with Crippen molar-refractivity contribution in [2.45, 2.75) is 0 Å². The molecule has 0 radical (unpaired) electrons. The summed E-state index contributed by atoms with van der Waals surface area (Å²) >= 11 is 3.33. The van der Waals surface area contributed by atoms with E-state index >= 15 is 0 Å². The van der Waals surface area contributed by atoms with Gasteiger partial charge in [0.25, 0.3) is 0 Å². The Bertz CT molecular complexity index is 303. The third-order valence-electron chi connectivity index (χ3n) is 1.24. The van der Waals surface area contributed by atoms with Crippen LogP contribution < -0.4 is 5.09 Å². The SMILES string of the molecule is CP(C)(=O)Nc1ccc(Br)cc1. The maximum absolute atomic E-state index is 11.3. The van der Waals surface area contributed by atoms with Gasteiger partial charge in [0.15, 0.2) is 7.29 Å². The van der Waals surface area contributed by atoms with Crippen LogP contribution in [-0.2, 0) is 4.57 Å². The molecule has 0 aliphatic rings. The molecule has 0 amide bonds. The highest BCUT2D eigenvalue weighted by atomic mass is 79.9. The van der Waals surface area contributed by atoms with Crippen molar-refractivity contribution in [3.63, 3.8) is 0 Å². The molecule has 0 aliphatic carbocycles. The summed E-state index contributed by atoms with van der Waals surface area (Å²) in [6.45, 7) is 3.41. The minimum Gasteiger partial charge on any atom is -0.337 e. The van der Waals surface area contributed by atoms with Crippen LogP contribution in [0.25, 0.3) is 0 Å². The van der Waals surface area contributed by atoms with E-state index in [1.807, 2.05) is 24.3 Å². The lowest BCUT2D eigenvalue weighted by Crippen LogP contribution is -1.92. The van der Waals surface area contributed by atoms with E-state index in [1.54, 1.807) is 13.3 Å². The van der Waals surface area contributed by atoms with Gasteiger partial charge in [-0.15, -0.1) is 0 Å². The molecule has 1 rings (SSSR count). The maximum atomic E-state index is 11.3. The first-order chi connectivity index (χ1) is 5.47. The van der Waals surface area contributed by atoms with Gasteiger partial charge in [-0.1, -0.05) is 15.9 Å². The Morgan fingerprint density at radius 2 is 1.75 bits per heavy atom. The van der Waals surface area contributed by atoms with Gasteiger partial charge in [0, 0.05) is 23.5 Å². The van der Waals surface area contributed by atoms with Crippen molar-refractivity contribution in [2.75, 3.05) is 18.4 Å². The summed E-state index contributed by atoms with van der Waals surface area (Å²) in [6, 6.07) is 7.61. The van der Waals surface area contributed by atoms with E-state index in [0.29, 0.717) is 0 Å². The molecule has 12 heavy (non-hydrogen) atoms. The largest absolute Gasteiger partial charge is 0.337 e. The van der Waals surface area contributed by atoms with Crippen LogP contribution in [-0.4, -0.2) is 13.3 Å². The van der Waals surface area contributed by atoms with Gasteiger partial charge in [-0.3, -0.25) is 0 Å². The highest BCUT2D eigenvalue weighted by molar-refractivity contribution is 9.10. The molecule has 1 N–H and O–H groups in total. The first-order valence-corrected chi connectivity index (χ1v) is 6.96. The van der Waals surface area contributed by atoms with Crippen molar-refractivity contribution in [3.05, 3.63) is 28.7 Å². The average Bonchev–Trinajstić information content (AvgIpc) is 1.91. The van der Waals surface area contributed by atoms with Crippen LogP contribution >= 0.6 is 23.2 Å². The summed E-state index contributed by atoms with van der Waals surface area (Å²) in [5, 5.41) is 2.94. The smallest absolute Gasteiger partial charge is 0.164 e. The molecule has 0 saturated carbocycles. The summed E-state index contributed by atoms with van der Waals surface area (Å²) in [5.41, 5.74) is 0.895. The third kappa shape index (κ3) is 3.42. The summed E-state index contributed by atoms with van der Waals surface area (Å²) in [7, 11) is -2.17. The lowest BCUT2D eigenvalue weighted by molar-refractivity contribution is 0.585. The van der Waals surface area contributed by atoms with Crippen molar-refractivity contribution in [1.82, 2.24) is 0 Å². The number of rotatable bonds is 2. The van der Waals surface area contributed by atoms with Crippen LogP contribution in [0.2, 0.25) is 0 Å². The monoisotopic (exact) mass is 247 g/mol. The number of benzene rings is 1. The molecular formula is C8H11BrNOP. The lowest BCUT2D eigenvalue weighted by Gasteiger charge is -2.10. The van der Waals surface area contributed by atoms with E-state index in [-0.39, 0.29) is 0 Å². The van der Waals surface area contributed by atoms with E-state index in [2.05, 4.69) is 21.0 Å². The number of hydrogen-bond acceptors (Lipinski definition) is 1. The Morgan fingerprint density at radius 3 is 2.17 bits per heavy atom. The summed E-state index contributed by atoms with van der Waals surface area (Å²) < 4.78 is 12.4. The Balaban J connectivity index is 2.78. The molecule has 0 bridgehead atoms. The van der Waals surface area contributed by atoms with Crippen molar-refractivity contribution in [2.24, 2.45) is 0 Å². The highest BCUT2D eigenvalue weighted by Crippen LogP contribution is 2.36. The van der Waals surface area contributed by atoms with Crippen molar-refractivity contribution < 1.29 is 4.57 Å². The standard InChI is InChI=1S/C8H11BrNOP/c1-12(2,11)10-8-5-3-7(9)4-6-8/h3-6H,1-2H3,(H,10,11). The van der Waals surface area contributed by atoms with Crippen LogP contribution in [0, 0.1) is 0 Å². The molecule has 0 unspecified atom stereocenters. The Morgan fingerprint density at radius 1 is 1.25 bits per heavy atom. The molecule has 0 heterocycles. The van der Waals surface area contributed by atoms with Gasteiger partial charge in [0.1, 0.15) is 0 Å². The number of anilines is 1. The second-order valence-corrected chi connectivity index (χ2v) is 6.81. The summed E-state index contributed by atoms with van der Waals surface area (Å²) in [5.74, 6) is 0. The van der Waals surface area contributed by atoms with Gasteiger partial charge >= 0.3 is 0 Å². The first-order valence-electron chi connectivity index (χ1n) is 3.56. The van der Waals surface area contributed by atoms with Crippen LogP contribution in [0.5, 0.6) is 0 Å². The zero-order chi connectivity index (χ0) is 9.19. The molecule has 1 aromatic carbocycles. The maximum Gasteiger partial charge on any atom is 0.164 e. The van der Waals surface area contributed by atoms with E-state index in [0.717, 1.165) is 10.2 Å². The molecular weight excluding hydrogens is 237 g/mol. The predicted octanol–water partition coefficient (Wildman–Crippen LogP) is 3.40. The quantitative estimate of drug-likeness (QED) is 0.812. The second kappa shape index (κ2) is 3.63. The molecule has 0 aliphatic heterocycles. The lowest BCUT2D eigenvalue weighted by atomic mass is 10.3. The molecule has 0 spiro atoms. The van der Waals surface area contributed by atoms with Crippen LogP contribution in [0.1, 0.15) is 0 Å². The van der Waals surface area contributed by atoms with Crippen LogP contribution in [0.15, 0.2) is 28.7 Å². The number of hydrogen-bond donors (Lipinski definition) is 1. The first kappa shape index (κ1) is 9.82. The van der Waals surface area contributed by atoms with Crippen molar-refractivity contribution in [1.29, 1.82) is 0 Å². The molecule has 0 saturated heterocycles. The van der Waals surface area contributed by atoms with Gasteiger partial charge < -0.3 is 9.65 Å². The topological polar surface area (TPSA) is 29.1 Å². The van der Waals surface area contributed by atoms with E-state index in [9.17, 15) is 4.57 Å². The average molecular weight is 248 g/mol. The molecule has 2 nitrogen and oxygen atoms in total. The molecule has 0 aromatic heterocycles. The van der Waals surface area contributed by atoms with E-state index in [1.165, 1.54) is 0 Å². The predicted molar refractivity (Wildman–Crippen MR) is 57.2 cm³/mol. The zero-order valence-corrected chi connectivity index (χ0v) is 9.52. The molecule has 0 fully saturated rings. The Hall–Kier alpha value is -0.270. The fourth-order valence-electron chi connectivity index (χ4n) is 0.835. The second-order valence-electron chi connectivity index (χ2n) is 2.97. The van der Waals surface area contributed by atoms with Crippen LogP contribution in [0.4, 0.5) is 5.69 Å². The normalized spacial score (nSPS) is 11.2. The minimum absolute atomic E-state index is 0.895. The van der Waals surface area contributed by atoms with Crippen molar-refractivity contribution >= 4 is 28.9 Å². The van der Waals surface area contributed by atoms with Gasteiger partial charge in [-0.05, 0) is 24.3 Å². The zero-order valence-electron chi connectivity index (χ0n) is 7.04. The Labute approximate surface area is 80.9 Å². The Kier molecular flexibility index (Phi) is 2.97. The van der Waals surface area contributed by atoms with Crippen molar-refractivity contribution in [3.8, 4) is 0 Å². The van der Waals surface area contributed by atoms with Gasteiger partial charge in [0.05, 0.1) is 0 Å². The molecule has 66 valence electrons. The van der Waals surface area contributed by atoms with E-state index in [4.69, 9.17) is 0 Å². The molecule has 0 atom stereocenters. The fourth-order valence-corrected chi connectivity index (χ4v) is 1.87. The molecule has 1 aromatic rings. The minimum atomic E-state index is -2.17. The van der Waals surface area contributed by atoms with E-state index < -0.39 is 7.29 Å². The van der Waals surface area contributed by atoms with Gasteiger partial charge in [-0.2, -0.15) is 0 Å². The number of nitrogens with one attached hydrogen (secondary N) is 1. The fraction of sp³-hybridized carbons (Fsp3) is 0.250. The van der Waals surface area contributed by atoms with Gasteiger partial charge in [0.2, 0.25) is 0 Å². The summed E-state index contributed by atoms with van der Waals surface area (Å²) in [6.07, 6.45) is 0. The highest BCUT2D eigenvalue weighted by Gasteiger charge is 2.04. The van der Waals surface area contributed by atoms with Gasteiger partial charge in [-0.25, -0.2) is 0 Å². The molecule has 4 heteroatoms. The number of halogens is 1. The van der Waals surface area contributed by atoms with Crippen LogP contribution in [0.3, 0.4) is 0 Å². The summed E-state index contributed by atoms with van der Waals surface area (Å²) in [4.78, 5) is 0. The third-order valence-corrected chi connectivity index (χ3v) is 2.57.